The molecule has 0 radical (unpaired) electrons. The number of hydrogen-bond acceptors (Lipinski definition) is 2. The standard InChI is InChI=1S/C20H31BrO2/c1-2-3-4-7-10-18-12-14-19(15-13-18)17-23-20(22)11-8-5-6-9-16-21/h12-15H,2-11,16-17H2,1H3. The fourth-order valence-electron chi connectivity index (χ4n) is 2.51. The second-order valence-corrected chi connectivity index (χ2v) is 6.93. The Morgan fingerprint density at radius 3 is 2.26 bits per heavy atom. The molecule has 0 saturated heterocycles. The van der Waals surface area contributed by atoms with Crippen LogP contribution in [0.15, 0.2) is 24.3 Å². The number of aryl methyl sites for hydroxylation is 1. The summed E-state index contributed by atoms with van der Waals surface area (Å²) >= 11 is 3.42. The first kappa shape index (κ1) is 20.2. The highest BCUT2D eigenvalue weighted by Gasteiger charge is 2.03. The number of unbranched alkanes of at least 4 members (excludes halogenated alkanes) is 6. The molecular formula is C20H31BrO2. The van der Waals surface area contributed by atoms with Crippen molar-refractivity contribution in [1.29, 1.82) is 0 Å². The topological polar surface area (TPSA) is 26.3 Å². The smallest absolute Gasteiger partial charge is 0.306 e. The zero-order valence-electron chi connectivity index (χ0n) is 14.5. The van der Waals surface area contributed by atoms with E-state index in [-0.39, 0.29) is 5.97 Å². The molecule has 0 aliphatic carbocycles. The summed E-state index contributed by atoms with van der Waals surface area (Å²) in [6.07, 6.45) is 11.3. The summed E-state index contributed by atoms with van der Waals surface area (Å²) in [5.41, 5.74) is 2.46. The molecule has 0 fully saturated rings. The number of benzene rings is 1. The maximum atomic E-state index is 11.7. The number of carbonyl (C=O) groups excluding carboxylic acids is 1. The molecule has 0 aromatic heterocycles. The molecule has 0 saturated carbocycles. The van der Waals surface area contributed by atoms with Crippen LogP contribution in [0.5, 0.6) is 0 Å². The van der Waals surface area contributed by atoms with Crippen molar-refractivity contribution >= 4 is 21.9 Å². The van der Waals surface area contributed by atoms with Crippen molar-refractivity contribution in [2.75, 3.05) is 5.33 Å². The number of hydrogen-bond donors (Lipinski definition) is 0. The number of esters is 1. The van der Waals surface area contributed by atoms with E-state index in [1.54, 1.807) is 0 Å². The summed E-state index contributed by atoms with van der Waals surface area (Å²) < 4.78 is 5.34. The SMILES string of the molecule is CCCCCCc1ccc(COC(=O)CCCCCCBr)cc1. The zero-order valence-corrected chi connectivity index (χ0v) is 16.1. The average Bonchev–Trinajstić information content (AvgIpc) is 2.58. The molecule has 0 aliphatic rings. The molecule has 1 aromatic rings. The lowest BCUT2D eigenvalue weighted by Gasteiger charge is -2.06. The predicted molar refractivity (Wildman–Crippen MR) is 101 cm³/mol. The lowest BCUT2D eigenvalue weighted by atomic mass is 10.0. The quantitative estimate of drug-likeness (QED) is 0.230. The highest BCUT2D eigenvalue weighted by atomic mass is 79.9. The van der Waals surface area contributed by atoms with Gasteiger partial charge in [-0.1, -0.05) is 79.2 Å². The highest BCUT2D eigenvalue weighted by Crippen LogP contribution is 2.11. The van der Waals surface area contributed by atoms with Gasteiger partial charge in [0.1, 0.15) is 6.61 Å². The summed E-state index contributed by atoms with van der Waals surface area (Å²) in [6, 6.07) is 8.49. The van der Waals surface area contributed by atoms with Crippen molar-refractivity contribution in [1.82, 2.24) is 0 Å². The van der Waals surface area contributed by atoms with E-state index < -0.39 is 0 Å². The van der Waals surface area contributed by atoms with Crippen molar-refractivity contribution in [2.45, 2.75) is 77.7 Å². The Morgan fingerprint density at radius 1 is 0.913 bits per heavy atom. The van der Waals surface area contributed by atoms with Gasteiger partial charge < -0.3 is 4.74 Å². The molecular weight excluding hydrogens is 352 g/mol. The van der Waals surface area contributed by atoms with Crippen LogP contribution < -0.4 is 0 Å². The van der Waals surface area contributed by atoms with E-state index >= 15 is 0 Å². The maximum Gasteiger partial charge on any atom is 0.306 e. The van der Waals surface area contributed by atoms with Gasteiger partial charge in [-0.3, -0.25) is 4.79 Å². The fraction of sp³-hybridized carbons (Fsp3) is 0.650. The van der Waals surface area contributed by atoms with Crippen molar-refractivity contribution in [2.24, 2.45) is 0 Å². The predicted octanol–water partition coefficient (Wildman–Crippen LogP) is 6.20. The Labute approximate surface area is 150 Å². The lowest BCUT2D eigenvalue weighted by molar-refractivity contribution is -0.145. The Bertz CT molecular complexity index is 414. The molecule has 3 heteroatoms. The molecule has 0 spiro atoms. The van der Waals surface area contributed by atoms with Crippen LogP contribution in [0.4, 0.5) is 0 Å². The summed E-state index contributed by atoms with van der Waals surface area (Å²) in [4.78, 5) is 11.7. The summed E-state index contributed by atoms with van der Waals surface area (Å²) in [5.74, 6) is -0.0764. The third-order valence-corrected chi connectivity index (χ3v) is 4.57. The van der Waals surface area contributed by atoms with Gasteiger partial charge in [-0.25, -0.2) is 0 Å². The first-order valence-corrected chi connectivity index (χ1v) is 10.2. The molecule has 0 unspecified atom stereocenters. The first-order valence-electron chi connectivity index (χ1n) is 9.05. The van der Waals surface area contributed by atoms with Crippen LogP contribution in [0.3, 0.4) is 0 Å². The molecule has 0 N–H and O–H groups in total. The Hall–Kier alpha value is -0.830. The number of rotatable bonds is 13. The van der Waals surface area contributed by atoms with Gasteiger partial charge in [-0.05, 0) is 36.8 Å². The first-order chi connectivity index (χ1) is 11.3. The van der Waals surface area contributed by atoms with E-state index in [2.05, 4.69) is 47.1 Å². The highest BCUT2D eigenvalue weighted by molar-refractivity contribution is 9.09. The minimum Gasteiger partial charge on any atom is -0.461 e. The average molecular weight is 383 g/mol. The van der Waals surface area contributed by atoms with Crippen LogP contribution in [0, 0.1) is 0 Å². The molecule has 1 aromatic carbocycles. The van der Waals surface area contributed by atoms with Gasteiger partial charge >= 0.3 is 5.97 Å². The monoisotopic (exact) mass is 382 g/mol. The van der Waals surface area contributed by atoms with Gasteiger partial charge in [0.25, 0.3) is 0 Å². The van der Waals surface area contributed by atoms with E-state index in [0.29, 0.717) is 13.0 Å². The summed E-state index contributed by atoms with van der Waals surface area (Å²) in [7, 11) is 0. The van der Waals surface area contributed by atoms with E-state index in [1.807, 2.05) is 0 Å². The van der Waals surface area contributed by atoms with Crippen LogP contribution in [0.2, 0.25) is 0 Å². The minimum atomic E-state index is -0.0764. The Morgan fingerprint density at radius 2 is 1.57 bits per heavy atom. The van der Waals surface area contributed by atoms with Crippen molar-refractivity contribution < 1.29 is 9.53 Å². The molecule has 0 amide bonds. The van der Waals surface area contributed by atoms with Gasteiger partial charge in [0.2, 0.25) is 0 Å². The van der Waals surface area contributed by atoms with Crippen molar-refractivity contribution in [3.05, 3.63) is 35.4 Å². The maximum absolute atomic E-state index is 11.7. The van der Waals surface area contributed by atoms with Crippen LogP contribution in [-0.4, -0.2) is 11.3 Å². The van der Waals surface area contributed by atoms with E-state index in [4.69, 9.17) is 4.74 Å². The van der Waals surface area contributed by atoms with Gasteiger partial charge in [0, 0.05) is 11.8 Å². The summed E-state index contributed by atoms with van der Waals surface area (Å²) in [6.45, 7) is 2.63. The van der Waals surface area contributed by atoms with E-state index in [1.165, 1.54) is 44.1 Å². The molecule has 0 aliphatic heterocycles. The van der Waals surface area contributed by atoms with Crippen molar-refractivity contribution in [3.63, 3.8) is 0 Å². The zero-order chi connectivity index (χ0) is 16.8. The van der Waals surface area contributed by atoms with Crippen LogP contribution in [0.1, 0.15) is 75.8 Å². The molecule has 23 heavy (non-hydrogen) atoms. The minimum absolute atomic E-state index is 0.0764. The van der Waals surface area contributed by atoms with Crippen LogP contribution >= 0.6 is 15.9 Å². The number of ether oxygens (including phenoxy) is 1. The second kappa shape index (κ2) is 13.6. The number of carbonyl (C=O) groups is 1. The van der Waals surface area contributed by atoms with Crippen LogP contribution in [-0.2, 0) is 22.6 Å². The molecule has 0 bridgehead atoms. The molecule has 0 atom stereocenters. The molecule has 130 valence electrons. The van der Waals surface area contributed by atoms with E-state index in [9.17, 15) is 4.79 Å². The normalized spacial score (nSPS) is 10.7. The van der Waals surface area contributed by atoms with Gasteiger partial charge in [0.15, 0.2) is 0 Å². The lowest BCUT2D eigenvalue weighted by Crippen LogP contribution is -2.04. The van der Waals surface area contributed by atoms with Gasteiger partial charge in [-0.15, -0.1) is 0 Å². The Kier molecular flexibility index (Phi) is 11.9. The number of alkyl halides is 1. The number of halogens is 1. The van der Waals surface area contributed by atoms with Crippen LogP contribution in [0.25, 0.3) is 0 Å². The van der Waals surface area contributed by atoms with Gasteiger partial charge in [-0.2, -0.15) is 0 Å². The Balaban J connectivity index is 2.15. The third kappa shape index (κ3) is 10.5. The molecule has 2 nitrogen and oxygen atoms in total. The molecule has 0 heterocycles. The molecule has 1 rings (SSSR count). The van der Waals surface area contributed by atoms with E-state index in [0.717, 1.165) is 30.2 Å². The van der Waals surface area contributed by atoms with Gasteiger partial charge in [0.05, 0.1) is 0 Å². The van der Waals surface area contributed by atoms with Crippen molar-refractivity contribution in [3.8, 4) is 0 Å². The second-order valence-electron chi connectivity index (χ2n) is 6.14. The largest absolute Gasteiger partial charge is 0.461 e. The third-order valence-electron chi connectivity index (χ3n) is 4.01. The fourth-order valence-corrected chi connectivity index (χ4v) is 2.91. The summed E-state index contributed by atoms with van der Waals surface area (Å²) in [5, 5.41) is 1.05.